The third-order valence-corrected chi connectivity index (χ3v) is 3.50. The van der Waals surface area contributed by atoms with E-state index in [4.69, 9.17) is 4.74 Å². The molecule has 0 saturated heterocycles. The van der Waals surface area contributed by atoms with Crippen molar-refractivity contribution in [3.63, 3.8) is 0 Å². The maximum Gasteiger partial charge on any atom is 0.0897 e. The van der Waals surface area contributed by atoms with Crippen molar-refractivity contribution in [2.24, 2.45) is 5.92 Å². The predicted octanol–water partition coefficient (Wildman–Crippen LogP) is 2.58. The zero-order valence-electron chi connectivity index (χ0n) is 12.3. The first kappa shape index (κ1) is 16.9. The Morgan fingerprint density at radius 1 is 1.06 bits per heavy atom. The van der Waals surface area contributed by atoms with Crippen LogP contribution in [-0.2, 0) is 4.74 Å². The van der Waals surface area contributed by atoms with E-state index in [2.05, 4.69) is 39.9 Å². The normalized spacial score (nSPS) is 14.3. The number of aliphatic hydroxyl groups is 1. The topological polar surface area (TPSA) is 41.5 Å². The highest BCUT2D eigenvalue weighted by Gasteiger charge is 2.23. The maximum absolute atomic E-state index is 9.82. The minimum Gasteiger partial charge on any atom is -0.389 e. The van der Waals surface area contributed by atoms with Gasteiger partial charge < -0.3 is 15.2 Å². The Hall–Kier alpha value is -0.120. The molecule has 0 aliphatic heterocycles. The lowest BCUT2D eigenvalue weighted by atomic mass is 9.90. The average molecular weight is 245 g/mol. The number of ether oxygens (including phenoxy) is 1. The monoisotopic (exact) mass is 245 g/mol. The first-order chi connectivity index (χ1) is 7.99. The second-order valence-electron chi connectivity index (χ2n) is 5.31. The van der Waals surface area contributed by atoms with Gasteiger partial charge in [-0.05, 0) is 25.2 Å². The highest BCUT2D eigenvalue weighted by atomic mass is 16.5. The number of β-amino-alcohol motifs (C(OH)–C–C–N with tert-alkyl or cyclic N) is 1. The molecule has 3 nitrogen and oxygen atoms in total. The molecule has 2 N–H and O–H groups in total. The predicted molar refractivity (Wildman–Crippen MR) is 73.3 cm³/mol. The third-order valence-electron chi connectivity index (χ3n) is 3.50. The van der Waals surface area contributed by atoms with E-state index < -0.39 is 6.10 Å². The number of nitrogens with one attached hydrogen (secondary N) is 1. The fourth-order valence-corrected chi connectivity index (χ4v) is 1.96. The van der Waals surface area contributed by atoms with E-state index in [-0.39, 0.29) is 5.54 Å². The number of hydrogen-bond acceptors (Lipinski definition) is 3. The SMILES string of the molecule is CCC(CC)(CC)NCC(O)COCC(C)C. The van der Waals surface area contributed by atoms with Crippen LogP contribution in [0.2, 0.25) is 0 Å². The summed E-state index contributed by atoms with van der Waals surface area (Å²) in [6.45, 7) is 12.6. The van der Waals surface area contributed by atoms with Crippen molar-refractivity contribution >= 4 is 0 Å². The Morgan fingerprint density at radius 3 is 2.00 bits per heavy atom. The highest BCUT2D eigenvalue weighted by molar-refractivity contribution is 4.84. The van der Waals surface area contributed by atoms with Gasteiger partial charge in [-0.25, -0.2) is 0 Å². The lowest BCUT2D eigenvalue weighted by molar-refractivity contribution is 0.0217. The molecular formula is C14H31NO2. The molecule has 0 aromatic heterocycles. The van der Waals surface area contributed by atoms with E-state index in [0.29, 0.717) is 19.1 Å². The van der Waals surface area contributed by atoms with Gasteiger partial charge >= 0.3 is 0 Å². The molecule has 0 rings (SSSR count). The van der Waals surface area contributed by atoms with Crippen LogP contribution in [0.3, 0.4) is 0 Å². The first-order valence-corrected chi connectivity index (χ1v) is 7.00. The van der Waals surface area contributed by atoms with Crippen LogP contribution >= 0.6 is 0 Å². The molecule has 0 fully saturated rings. The molecule has 104 valence electrons. The van der Waals surface area contributed by atoms with Gasteiger partial charge in [0.2, 0.25) is 0 Å². The molecule has 0 saturated carbocycles. The summed E-state index contributed by atoms with van der Waals surface area (Å²) in [6.07, 6.45) is 2.89. The van der Waals surface area contributed by atoms with Crippen molar-refractivity contribution in [3.8, 4) is 0 Å². The Bertz CT molecular complexity index is 171. The van der Waals surface area contributed by atoms with E-state index >= 15 is 0 Å². The molecular weight excluding hydrogens is 214 g/mol. The Labute approximate surface area is 107 Å². The minimum atomic E-state index is -0.405. The smallest absolute Gasteiger partial charge is 0.0897 e. The van der Waals surface area contributed by atoms with E-state index in [1.165, 1.54) is 0 Å². The van der Waals surface area contributed by atoms with Crippen LogP contribution in [0.15, 0.2) is 0 Å². The van der Waals surface area contributed by atoms with Crippen molar-refractivity contribution in [2.45, 2.75) is 65.5 Å². The quantitative estimate of drug-likeness (QED) is 0.621. The summed E-state index contributed by atoms with van der Waals surface area (Å²) < 4.78 is 5.43. The summed E-state index contributed by atoms with van der Waals surface area (Å²) in [5, 5.41) is 13.3. The maximum atomic E-state index is 9.82. The number of hydrogen-bond donors (Lipinski definition) is 2. The fourth-order valence-electron chi connectivity index (χ4n) is 1.96. The van der Waals surface area contributed by atoms with Gasteiger partial charge in [-0.3, -0.25) is 0 Å². The Morgan fingerprint density at radius 2 is 1.59 bits per heavy atom. The van der Waals surface area contributed by atoms with Gasteiger partial charge in [0.25, 0.3) is 0 Å². The molecule has 0 heterocycles. The van der Waals surface area contributed by atoms with Crippen molar-refractivity contribution in [3.05, 3.63) is 0 Å². The van der Waals surface area contributed by atoms with E-state index in [1.54, 1.807) is 0 Å². The van der Waals surface area contributed by atoms with Gasteiger partial charge in [-0.2, -0.15) is 0 Å². The van der Waals surface area contributed by atoms with Crippen LogP contribution in [0.1, 0.15) is 53.9 Å². The summed E-state index contributed by atoms with van der Waals surface area (Å²) in [7, 11) is 0. The lowest BCUT2D eigenvalue weighted by Gasteiger charge is -2.33. The molecule has 17 heavy (non-hydrogen) atoms. The number of rotatable bonds is 10. The average Bonchev–Trinajstić information content (AvgIpc) is 2.31. The molecule has 0 spiro atoms. The third kappa shape index (κ3) is 7.02. The number of aliphatic hydroxyl groups excluding tert-OH is 1. The Kier molecular flexibility index (Phi) is 8.83. The molecule has 1 atom stereocenters. The van der Waals surface area contributed by atoms with Gasteiger partial charge in [-0.1, -0.05) is 34.6 Å². The van der Waals surface area contributed by atoms with Gasteiger partial charge in [0.1, 0.15) is 0 Å². The van der Waals surface area contributed by atoms with Crippen LogP contribution in [-0.4, -0.2) is 36.5 Å². The van der Waals surface area contributed by atoms with E-state index in [0.717, 1.165) is 25.9 Å². The highest BCUT2D eigenvalue weighted by Crippen LogP contribution is 2.18. The molecule has 0 aliphatic carbocycles. The summed E-state index contributed by atoms with van der Waals surface area (Å²) in [5.74, 6) is 0.524. The van der Waals surface area contributed by atoms with Crippen molar-refractivity contribution in [1.29, 1.82) is 0 Å². The minimum absolute atomic E-state index is 0.180. The van der Waals surface area contributed by atoms with Gasteiger partial charge in [-0.15, -0.1) is 0 Å². The zero-order valence-corrected chi connectivity index (χ0v) is 12.3. The Balaban J connectivity index is 3.84. The van der Waals surface area contributed by atoms with Crippen molar-refractivity contribution in [2.75, 3.05) is 19.8 Å². The summed E-state index contributed by atoms with van der Waals surface area (Å²) >= 11 is 0. The van der Waals surface area contributed by atoms with Crippen molar-refractivity contribution < 1.29 is 9.84 Å². The second kappa shape index (κ2) is 8.90. The van der Waals surface area contributed by atoms with Gasteiger partial charge in [0, 0.05) is 18.7 Å². The molecule has 0 radical (unpaired) electrons. The molecule has 0 bridgehead atoms. The molecule has 0 aromatic rings. The van der Waals surface area contributed by atoms with E-state index in [1.807, 2.05) is 0 Å². The summed E-state index contributed by atoms with van der Waals surface area (Å²) in [5.41, 5.74) is 0.180. The fraction of sp³-hybridized carbons (Fsp3) is 1.00. The van der Waals surface area contributed by atoms with Crippen LogP contribution in [0.5, 0.6) is 0 Å². The van der Waals surface area contributed by atoms with Crippen LogP contribution in [0.25, 0.3) is 0 Å². The van der Waals surface area contributed by atoms with Crippen LogP contribution in [0.4, 0.5) is 0 Å². The summed E-state index contributed by atoms with van der Waals surface area (Å²) in [4.78, 5) is 0. The van der Waals surface area contributed by atoms with Crippen LogP contribution in [0, 0.1) is 5.92 Å². The lowest BCUT2D eigenvalue weighted by Crippen LogP contribution is -2.47. The molecule has 3 heteroatoms. The summed E-state index contributed by atoms with van der Waals surface area (Å²) in [6, 6.07) is 0. The molecule has 0 amide bonds. The van der Waals surface area contributed by atoms with Gasteiger partial charge in [0.15, 0.2) is 0 Å². The molecule has 1 unspecified atom stereocenters. The second-order valence-corrected chi connectivity index (χ2v) is 5.31. The largest absolute Gasteiger partial charge is 0.389 e. The van der Waals surface area contributed by atoms with E-state index in [9.17, 15) is 5.11 Å². The van der Waals surface area contributed by atoms with Gasteiger partial charge in [0.05, 0.1) is 12.7 Å². The van der Waals surface area contributed by atoms with Crippen molar-refractivity contribution in [1.82, 2.24) is 5.32 Å². The molecule has 0 aliphatic rings. The first-order valence-electron chi connectivity index (χ1n) is 7.00. The van der Waals surface area contributed by atoms with Crippen LogP contribution < -0.4 is 5.32 Å². The molecule has 0 aromatic carbocycles. The standard InChI is InChI=1S/C14H31NO2/c1-6-14(7-2,8-3)15-9-13(16)11-17-10-12(4)5/h12-13,15-16H,6-11H2,1-5H3. The zero-order chi connectivity index (χ0) is 13.3.